The van der Waals surface area contributed by atoms with Crippen molar-refractivity contribution in [2.75, 3.05) is 13.7 Å². The molecule has 1 aromatic carbocycles. The van der Waals surface area contributed by atoms with Gasteiger partial charge in [0.1, 0.15) is 0 Å². The Balaban J connectivity index is 2.71. The lowest BCUT2D eigenvalue weighted by Gasteiger charge is -2.19. The Bertz CT molecular complexity index is 379. The van der Waals surface area contributed by atoms with Crippen LogP contribution in [0.3, 0.4) is 0 Å². The van der Waals surface area contributed by atoms with Crippen LogP contribution in [0.25, 0.3) is 0 Å². The second-order valence-electron chi connectivity index (χ2n) is 5.33. The number of ether oxygens (including phenoxy) is 1. The molecule has 3 heteroatoms. The average Bonchev–Trinajstić information content (AvgIpc) is 2.37. The predicted octanol–water partition coefficient (Wildman–Crippen LogP) is 4.31. The van der Waals surface area contributed by atoms with E-state index in [1.807, 2.05) is 6.07 Å². The van der Waals surface area contributed by atoms with E-state index in [1.165, 1.54) is 13.5 Å². The van der Waals surface area contributed by atoms with E-state index >= 15 is 0 Å². The molecule has 1 N–H and O–H groups in total. The molecule has 2 nitrogen and oxygen atoms in total. The van der Waals surface area contributed by atoms with Gasteiger partial charge in [-0.15, -0.1) is 0 Å². The zero-order valence-corrected chi connectivity index (χ0v) is 12.5. The maximum absolute atomic E-state index is 13.7. The summed E-state index contributed by atoms with van der Waals surface area (Å²) in [4.78, 5) is 0. The summed E-state index contributed by atoms with van der Waals surface area (Å²) < 4.78 is 18.7. The minimum atomic E-state index is -0.285. The van der Waals surface area contributed by atoms with Crippen molar-refractivity contribution in [2.45, 2.75) is 46.1 Å². The Morgan fingerprint density at radius 2 is 2.00 bits per heavy atom. The van der Waals surface area contributed by atoms with Gasteiger partial charge in [0.05, 0.1) is 7.11 Å². The smallest absolute Gasteiger partial charge is 0.165 e. The van der Waals surface area contributed by atoms with Crippen LogP contribution >= 0.6 is 0 Å². The first-order chi connectivity index (χ1) is 9.08. The van der Waals surface area contributed by atoms with E-state index in [0.717, 1.165) is 30.9 Å². The topological polar surface area (TPSA) is 21.3 Å². The predicted molar refractivity (Wildman–Crippen MR) is 78.1 cm³/mol. The molecule has 19 heavy (non-hydrogen) atoms. The minimum absolute atomic E-state index is 0.226. The Kier molecular flexibility index (Phi) is 6.85. The van der Waals surface area contributed by atoms with Crippen molar-refractivity contribution in [1.29, 1.82) is 0 Å². The van der Waals surface area contributed by atoms with E-state index in [4.69, 9.17) is 4.74 Å². The van der Waals surface area contributed by atoms with E-state index in [2.05, 4.69) is 26.1 Å². The first kappa shape index (κ1) is 16.0. The first-order valence-corrected chi connectivity index (χ1v) is 7.15. The molecule has 0 saturated heterocycles. The van der Waals surface area contributed by atoms with Gasteiger partial charge in [-0.05, 0) is 36.6 Å². The molecule has 0 bridgehead atoms. The van der Waals surface area contributed by atoms with Crippen LogP contribution in [-0.2, 0) is 0 Å². The number of benzene rings is 1. The fourth-order valence-electron chi connectivity index (χ4n) is 2.26. The highest BCUT2D eigenvalue weighted by atomic mass is 19.1. The molecule has 0 aliphatic heterocycles. The molecule has 0 amide bonds. The molecule has 0 spiro atoms. The van der Waals surface area contributed by atoms with Gasteiger partial charge in [0.25, 0.3) is 0 Å². The van der Waals surface area contributed by atoms with Crippen LogP contribution in [0, 0.1) is 11.7 Å². The number of rotatable bonds is 8. The molecule has 1 unspecified atom stereocenters. The van der Waals surface area contributed by atoms with Crippen LogP contribution in [0.4, 0.5) is 4.39 Å². The van der Waals surface area contributed by atoms with E-state index in [0.29, 0.717) is 5.75 Å². The number of hydrogen-bond donors (Lipinski definition) is 1. The summed E-state index contributed by atoms with van der Waals surface area (Å²) >= 11 is 0. The monoisotopic (exact) mass is 267 g/mol. The number of methoxy groups -OCH3 is 1. The van der Waals surface area contributed by atoms with Crippen molar-refractivity contribution in [3.05, 3.63) is 29.6 Å². The Hall–Kier alpha value is -1.09. The van der Waals surface area contributed by atoms with Crippen LogP contribution < -0.4 is 10.1 Å². The van der Waals surface area contributed by atoms with Gasteiger partial charge in [-0.3, -0.25) is 0 Å². The maximum atomic E-state index is 13.7. The lowest BCUT2D eigenvalue weighted by atomic mass is 9.98. The van der Waals surface area contributed by atoms with Gasteiger partial charge in [-0.1, -0.05) is 39.7 Å². The zero-order valence-electron chi connectivity index (χ0n) is 12.5. The number of nitrogens with one attached hydrogen (secondary N) is 1. The van der Waals surface area contributed by atoms with Crippen molar-refractivity contribution in [1.82, 2.24) is 5.32 Å². The summed E-state index contributed by atoms with van der Waals surface area (Å²) in [6.45, 7) is 7.43. The second-order valence-corrected chi connectivity index (χ2v) is 5.33. The highest BCUT2D eigenvalue weighted by Crippen LogP contribution is 2.25. The first-order valence-electron chi connectivity index (χ1n) is 7.15. The SMILES string of the molecule is CCNC(CCCC(C)C)c1ccc(OC)c(F)c1. The molecule has 1 atom stereocenters. The molecule has 0 radical (unpaired) electrons. The van der Waals surface area contributed by atoms with Crippen LogP contribution in [0.2, 0.25) is 0 Å². The molecule has 0 heterocycles. The zero-order chi connectivity index (χ0) is 14.3. The maximum Gasteiger partial charge on any atom is 0.165 e. The molecule has 1 aromatic rings. The van der Waals surface area contributed by atoms with Gasteiger partial charge in [0.15, 0.2) is 11.6 Å². The molecule has 0 fully saturated rings. The Morgan fingerprint density at radius 1 is 1.26 bits per heavy atom. The molecule has 0 aliphatic rings. The third kappa shape index (κ3) is 5.19. The van der Waals surface area contributed by atoms with E-state index in [1.54, 1.807) is 12.1 Å². The van der Waals surface area contributed by atoms with Gasteiger partial charge in [0, 0.05) is 6.04 Å². The van der Waals surface area contributed by atoms with Crippen LogP contribution in [0.1, 0.15) is 51.6 Å². The summed E-state index contributed by atoms with van der Waals surface area (Å²) in [5, 5.41) is 3.43. The van der Waals surface area contributed by atoms with E-state index in [9.17, 15) is 4.39 Å². The third-order valence-corrected chi connectivity index (χ3v) is 3.30. The summed E-state index contributed by atoms with van der Waals surface area (Å²) in [5.41, 5.74) is 1.00. The van der Waals surface area contributed by atoms with Crippen molar-refractivity contribution in [3.8, 4) is 5.75 Å². The van der Waals surface area contributed by atoms with Crippen molar-refractivity contribution in [3.63, 3.8) is 0 Å². The minimum Gasteiger partial charge on any atom is -0.494 e. The van der Waals surface area contributed by atoms with Crippen molar-refractivity contribution in [2.24, 2.45) is 5.92 Å². The normalized spacial score (nSPS) is 12.7. The highest BCUT2D eigenvalue weighted by molar-refractivity contribution is 5.31. The lowest BCUT2D eigenvalue weighted by molar-refractivity contribution is 0.384. The third-order valence-electron chi connectivity index (χ3n) is 3.30. The number of hydrogen-bond acceptors (Lipinski definition) is 2. The van der Waals surface area contributed by atoms with Crippen LogP contribution in [0.5, 0.6) is 5.75 Å². The van der Waals surface area contributed by atoms with Gasteiger partial charge in [-0.2, -0.15) is 0 Å². The summed E-state index contributed by atoms with van der Waals surface area (Å²) in [7, 11) is 1.49. The summed E-state index contributed by atoms with van der Waals surface area (Å²) in [6.07, 6.45) is 3.40. The summed E-state index contributed by atoms with van der Waals surface area (Å²) in [5.74, 6) is 0.739. The Labute approximate surface area is 116 Å². The largest absolute Gasteiger partial charge is 0.494 e. The lowest BCUT2D eigenvalue weighted by Crippen LogP contribution is -2.21. The molecule has 1 rings (SSSR count). The molecular weight excluding hydrogens is 241 g/mol. The fraction of sp³-hybridized carbons (Fsp3) is 0.625. The van der Waals surface area contributed by atoms with Gasteiger partial charge >= 0.3 is 0 Å². The quantitative estimate of drug-likeness (QED) is 0.757. The highest BCUT2D eigenvalue weighted by Gasteiger charge is 2.13. The standard InChI is InChI=1S/C16H26FNO/c1-5-18-15(8-6-7-12(2)3)13-9-10-16(19-4)14(17)11-13/h9-12,15,18H,5-8H2,1-4H3. The molecule has 0 aliphatic carbocycles. The van der Waals surface area contributed by atoms with Gasteiger partial charge < -0.3 is 10.1 Å². The average molecular weight is 267 g/mol. The molecular formula is C16H26FNO. The van der Waals surface area contributed by atoms with Crippen LogP contribution in [-0.4, -0.2) is 13.7 Å². The summed E-state index contributed by atoms with van der Waals surface area (Å²) in [6, 6.07) is 5.47. The van der Waals surface area contributed by atoms with Crippen molar-refractivity contribution >= 4 is 0 Å². The second kappa shape index (κ2) is 8.16. The van der Waals surface area contributed by atoms with Gasteiger partial charge in [0.2, 0.25) is 0 Å². The van der Waals surface area contributed by atoms with Gasteiger partial charge in [-0.25, -0.2) is 4.39 Å². The molecule has 0 saturated carbocycles. The number of halogens is 1. The Morgan fingerprint density at radius 3 is 2.53 bits per heavy atom. The van der Waals surface area contributed by atoms with E-state index in [-0.39, 0.29) is 11.9 Å². The van der Waals surface area contributed by atoms with Crippen molar-refractivity contribution < 1.29 is 9.13 Å². The molecule has 0 aromatic heterocycles. The fourth-order valence-corrected chi connectivity index (χ4v) is 2.26. The molecule has 108 valence electrons. The van der Waals surface area contributed by atoms with E-state index < -0.39 is 0 Å². The van der Waals surface area contributed by atoms with Crippen LogP contribution in [0.15, 0.2) is 18.2 Å².